The molecule has 0 aromatic rings. The second kappa shape index (κ2) is 8.75. The smallest absolute Gasteiger partial charge is 0.160 e. The van der Waals surface area contributed by atoms with E-state index in [2.05, 4.69) is 19.1 Å². The van der Waals surface area contributed by atoms with Crippen LogP contribution in [0.25, 0.3) is 0 Å². The van der Waals surface area contributed by atoms with Crippen LogP contribution in [-0.4, -0.2) is 19.5 Å². The van der Waals surface area contributed by atoms with Gasteiger partial charge in [0, 0.05) is 19.6 Å². The van der Waals surface area contributed by atoms with Gasteiger partial charge in [0.15, 0.2) is 6.29 Å². The normalized spacial score (nSPS) is 11.7. The van der Waals surface area contributed by atoms with E-state index in [0.29, 0.717) is 13.2 Å². The van der Waals surface area contributed by atoms with E-state index in [1.54, 1.807) is 0 Å². The molecule has 0 aromatic heterocycles. The zero-order valence-electron chi connectivity index (χ0n) is 8.38. The van der Waals surface area contributed by atoms with Gasteiger partial charge in [-0.15, -0.1) is 0 Å². The van der Waals surface area contributed by atoms with Gasteiger partial charge in [0.05, 0.1) is 0 Å². The van der Waals surface area contributed by atoms with Gasteiger partial charge in [-0.1, -0.05) is 19.1 Å². The predicted molar refractivity (Wildman–Crippen MR) is 51.1 cm³/mol. The molecule has 0 aromatic carbocycles. The maximum atomic E-state index is 5.36. The van der Waals surface area contributed by atoms with Crippen LogP contribution < -0.4 is 0 Å². The lowest BCUT2D eigenvalue weighted by Crippen LogP contribution is -2.16. The van der Waals surface area contributed by atoms with Gasteiger partial charge >= 0.3 is 0 Å². The largest absolute Gasteiger partial charge is 0.353 e. The van der Waals surface area contributed by atoms with Gasteiger partial charge < -0.3 is 9.47 Å². The Morgan fingerprint density at radius 2 is 1.58 bits per heavy atom. The van der Waals surface area contributed by atoms with Crippen molar-refractivity contribution >= 4 is 0 Å². The van der Waals surface area contributed by atoms with E-state index in [1.807, 2.05) is 13.8 Å². The first kappa shape index (κ1) is 11.7. The average Bonchev–Trinajstić information content (AvgIpc) is 2.06. The summed E-state index contributed by atoms with van der Waals surface area (Å²) in [6, 6.07) is 0. The van der Waals surface area contributed by atoms with Crippen molar-refractivity contribution in [1.82, 2.24) is 0 Å². The number of hydrogen-bond donors (Lipinski definition) is 0. The van der Waals surface area contributed by atoms with E-state index in [9.17, 15) is 0 Å². The van der Waals surface area contributed by atoms with Crippen molar-refractivity contribution in [2.75, 3.05) is 13.2 Å². The predicted octanol–water partition coefficient (Wildman–Crippen LogP) is 2.74. The van der Waals surface area contributed by atoms with Gasteiger partial charge in [0.25, 0.3) is 0 Å². The van der Waals surface area contributed by atoms with Gasteiger partial charge in [0.1, 0.15) is 0 Å². The van der Waals surface area contributed by atoms with Crippen molar-refractivity contribution in [3.05, 3.63) is 12.2 Å². The Kier molecular flexibility index (Phi) is 8.51. The monoisotopic (exact) mass is 172 g/mol. The summed E-state index contributed by atoms with van der Waals surface area (Å²) in [7, 11) is 0. The summed E-state index contributed by atoms with van der Waals surface area (Å²) >= 11 is 0. The summed E-state index contributed by atoms with van der Waals surface area (Å²) < 4.78 is 10.7. The van der Waals surface area contributed by atoms with Gasteiger partial charge in [-0.3, -0.25) is 0 Å². The second-order valence-electron chi connectivity index (χ2n) is 2.46. The molecular weight excluding hydrogens is 152 g/mol. The van der Waals surface area contributed by atoms with Crippen molar-refractivity contribution < 1.29 is 9.47 Å². The lowest BCUT2D eigenvalue weighted by molar-refractivity contribution is -0.133. The molecule has 12 heavy (non-hydrogen) atoms. The van der Waals surface area contributed by atoms with Crippen LogP contribution in [0.4, 0.5) is 0 Å². The van der Waals surface area contributed by atoms with Crippen LogP contribution in [0.5, 0.6) is 0 Å². The summed E-state index contributed by atoms with van der Waals surface area (Å²) in [5, 5.41) is 0. The number of hydrogen-bond acceptors (Lipinski definition) is 2. The maximum Gasteiger partial charge on any atom is 0.160 e. The molecule has 0 aliphatic heterocycles. The first-order chi connectivity index (χ1) is 5.85. The molecule has 2 nitrogen and oxygen atoms in total. The summed E-state index contributed by atoms with van der Waals surface area (Å²) in [5.41, 5.74) is 0. The van der Waals surface area contributed by atoms with Crippen molar-refractivity contribution in [3.63, 3.8) is 0 Å². The third-order valence-electron chi connectivity index (χ3n) is 1.44. The Morgan fingerprint density at radius 1 is 1.00 bits per heavy atom. The molecule has 2 heteroatoms. The third-order valence-corrected chi connectivity index (χ3v) is 1.44. The van der Waals surface area contributed by atoms with Gasteiger partial charge in [-0.25, -0.2) is 0 Å². The Balaban J connectivity index is 3.54. The summed E-state index contributed by atoms with van der Waals surface area (Å²) in [4.78, 5) is 0. The molecule has 72 valence electrons. The highest BCUT2D eigenvalue weighted by molar-refractivity contribution is 4.81. The van der Waals surface area contributed by atoms with Crippen molar-refractivity contribution in [2.45, 2.75) is 39.9 Å². The minimum atomic E-state index is -0.0530. The zero-order chi connectivity index (χ0) is 9.23. The zero-order valence-corrected chi connectivity index (χ0v) is 8.38. The maximum absolute atomic E-state index is 5.36. The Labute approximate surface area is 75.6 Å². The number of allylic oxidation sites excluding steroid dienone is 1. The van der Waals surface area contributed by atoms with Crippen LogP contribution in [-0.2, 0) is 9.47 Å². The van der Waals surface area contributed by atoms with E-state index in [1.165, 1.54) is 0 Å². The Hall–Kier alpha value is -0.340. The molecule has 0 aliphatic carbocycles. The van der Waals surface area contributed by atoms with E-state index in [4.69, 9.17) is 9.47 Å². The molecule has 0 rings (SSSR count). The average molecular weight is 172 g/mol. The molecule has 0 amide bonds. The molecule has 0 saturated heterocycles. The number of ether oxygens (including phenoxy) is 2. The molecule has 0 atom stereocenters. The van der Waals surface area contributed by atoms with Crippen LogP contribution in [0.15, 0.2) is 12.2 Å². The molecule has 0 saturated carbocycles. The lowest BCUT2D eigenvalue weighted by Gasteiger charge is -2.14. The quantitative estimate of drug-likeness (QED) is 0.434. The standard InChI is InChI=1S/C10H20O2/c1-4-7-8-9-10(11-5-2)12-6-3/h7-8,10H,4-6,9H2,1-3H3. The molecule has 0 unspecified atom stereocenters. The minimum Gasteiger partial charge on any atom is -0.353 e. The molecule has 0 spiro atoms. The number of rotatable bonds is 7. The molecule has 0 radical (unpaired) electrons. The summed E-state index contributed by atoms with van der Waals surface area (Å²) in [6.45, 7) is 7.51. The van der Waals surface area contributed by atoms with Crippen molar-refractivity contribution in [1.29, 1.82) is 0 Å². The van der Waals surface area contributed by atoms with Crippen LogP contribution in [0.1, 0.15) is 33.6 Å². The van der Waals surface area contributed by atoms with Crippen LogP contribution in [0, 0.1) is 0 Å². The molecule has 0 aliphatic rings. The fourth-order valence-electron chi connectivity index (χ4n) is 0.930. The Bertz CT molecular complexity index is 104. The van der Waals surface area contributed by atoms with Crippen LogP contribution in [0.3, 0.4) is 0 Å². The SMILES string of the molecule is CCC=CCC(OCC)OCC. The van der Waals surface area contributed by atoms with E-state index >= 15 is 0 Å². The molecule has 0 N–H and O–H groups in total. The summed E-state index contributed by atoms with van der Waals surface area (Å²) in [6.07, 6.45) is 6.12. The first-order valence-electron chi connectivity index (χ1n) is 4.73. The molecule has 0 fully saturated rings. The Morgan fingerprint density at radius 3 is 2.00 bits per heavy atom. The first-order valence-corrected chi connectivity index (χ1v) is 4.73. The van der Waals surface area contributed by atoms with Crippen LogP contribution in [0.2, 0.25) is 0 Å². The second-order valence-corrected chi connectivity index (χ2v) is 2.46. The van der Waals surface area contributed by atoms with Gasteiger partial charge in [-0.2, -0.15) is 0 Å². The highest BCUT2D eigenvalue weighted by Gasteiger charge is 2.03. The molecular formula is C10H20O2. The fourth-order valence-corrected chi connectivity index (χ4v) is 0.930. The van der Waals surface area contributed by atoms with Crippen molar-refractivity contribution in [2.24, 2.45) is 0 Å². The highest BCUT2D eigenvalue weighted by atomic mass is 16.7. The third kappa shape index (κ3) is 6.38. The molecule has 0 heterocycles. The topological polar surface area (TPSA) is 18.5 Å². The minimum absolute atomic E-state index is 0.0530. The highest BCUT2D eigenvalue weighted by Crippen LogP contribution is 2.02. The van der Waals surface area contributed by atoms with E-state index in [0.717, 1.165) is 12.8 Å². The fraction of sp³-hybridized carbons (Fsp3) is 0.800. The van der Waals surface area contributed by atoms with Gasteiger partial charge in [0.2, 0.25) is 0 Å². The summed E-state index contributed by atoms with van der Waals surface area (Å²) in [5.74, 6) is 0. The molecule has 0 bridgehead atoms. The lowest BCUT2D eigenvalue weighted by atomic mass is 10.3. The van der Waals surface area contributed by atoms with Crippen molar-refractivity contribution in [3.8, 4) is 0 Å². The van der Waals surface area contributed by atoms with Gasteiger partial charge in [-0.05, 0) is 20.3 Å². The van der Waals surface area contributed by atoms with Crippen LogP contribution >= 0.6 is 0 Å². The van der Waals surface area contributed by atoms with E-state index < -0.39 is 0 Å². The van der Waals surface area contributed by atoms with E-state index in [-0.39, 0.29) is 6.29 Å².